The predicted octanol–water partition coefficient (Wildman–Crippen LogP) is 2.52. The Labute approximate surface area is 142 Å². The number of anilines is 1. The highest BCUT2D eigenvalue weighted by atomic mass is 16.3. The summed E-state index contributed by atoms with van der Waals surface area (Å²) in [5.41, 5.74) is 4.66. The van der Waals surface area contributed by atoms with E-state index in [1.165, 1.54) is 18.5 Å². The number of phenols is 2. The van der Waals surface area contributed by atoms with Crippen molar-refractivity contribution in [1.82, 2.24) is 19.8 Å². The third kappa shape index (κ3) is 2.59. The van der Waals surface area contributed by atoms with Gasteiger partial charge in [0.2, 0.25) is 0 Å². The molecule has 0 saturated carbocycles. The summed E-state index contributed by atoms with van der Waals surface area (Å²) in [5.74, 6) is 0.489. The second kappa shape index (κ2) is 5.75. The van der Waals surface area contributed by atoms with Crippen molar-refractivity contribution in [2.75, 3.05) is 5.43 Å². The smallest absolute Gasteiger partial charge is 0.185 e. The first-order valence-electron chi connectivity index (χ1n) is 7.55. The summed E-state index contributed by atoms with van der Waals surface area (Å²) < 4.78 is 1.58. The van der Waals surface area contributed by atoms with Crippen LogP contribution >= 0.6 is 0 Å². The van der Waals surface area contributed by atoms with E-state index in [4.69, 9.17) is 0 Å². The van der Waals surface area contributed by atoms with Crippen LogP contribution in [0.25, 0.3) is 16.4 Å². The van der Waals surface area contributed by atoms with Gasteiger partial charge in [0.25, 0.3) is 0 Å². The standard InChI is InChI=1S/C17H14N6O2/c1-10(12-7-6-11(24)8-15(12)25)19-20-16-13-4-2-3-5-14(13)17-21-18-9-23(17)22-16/h2-9,24-25H,1H3,(H,20,22). The third-order valence-corrected chi connectivity index (χ3v) is 3.86. The lowest BCUT2D eigenvalue weighted by Crippen LogP contribution is -2.04. The van der Waals surface area contributed by atoms with Gasteiger partial charge < -0.3 is 10.2 Å². The molecule has 0 atom stereocenters. The van der Waals surface area contributed by atoms with Gasteiger partial charge in [-0.25, -0.2) is 0 Å². The average Bonchev–Trinajstić information content (AvgIpc) is 3.08. The van der Waals surface area contributed by atoms with Crippen LogP contribution in [0.1, 0.15) is 12.5 Å². The Morgan fingerprint density at radius 3 is 2.72 bits per heavy atom. The minimum atomic E-state index is -0.0462. The quantitative estimate of drug-likeness (QED) is 0.392. The van der Waals surface area contributed by atoms with E-state index in [9.17, 15) is 10.2 Å². The van der Waals surface area contributed by atoms with Crippen molar-refractivity contribution in [3.8, 4) is 11.5 Å². The molecule has 4 aromatic rings. The van der Waals surface area contributed by atoms with Crippen LogP contribution in [0, 0.1) is 0 Å². The average molecular weight is 334 g/mol. The normalized spacial score (nSPS) is 12.0. The molecule has 3 N–H and O–H groups in total. The second-order valence-electron chi connectivity index (χ2n) is 5.50. The largest absolute Gasteiger partial charge is 0.508 e. The number of nitrogens with one attached hydrogen (secondary N) is 1. The van der Waals surface area contributed by atoms with Gasteiger partial charge >= 0.3 is 0 Å². The molecule has 0 amide bonds. The molecule has 0 aliphatic rings. The van der Waals surface area contributed by atoms with Gasteiger partial charge in [-0.2, -0.15) is 9.62 Å². The lowest BCUT2D eigenvalue weighted by atomic mass is 10.1. The minimum Gasteiger partial charge on any atom is -0.508 e. The van der Waals surface area contributed by atoms with E-state index in [0.29, 0.717) is 22.7 Å². The van der Waals surface area contributed by atoms with Crippen molar-refractivity contribution in [2.24, 2.45) is 5.10 Å². The molecule has 0 saturated heterocycles. The van der Waals surface area contributed by atoms with Gasteiger partial charge in [0.1, 0.15) is 17.8 Å². The molecule has 0 bridgehead atoms. The number of hydrogen-bond acceptors (Lipinski definition) is 7. The molecule has 2 heterocycles. The topological polar surface area (TPSA) is 108 Å². The van der Waals surface area contributed by atoms with Crippen LogP contribution in [-0.4, -0.2) is 35.7 Å². The number of nitrogens with zero attached hydrogens (tertiary/aromatic N) is 5. The van der Waals surface area contributed by atoms with Crippen LogP contribution in [0.3, 0.4) is 0 Å². The maximum absolute atomic E-state index is 9.94. The molecule has 2 aromatic heterocycles. The van der Waals surface area contributed by atoms with Crippen molar-refractivity contribution < 1.29 is 10.2 Å². The van der Waals surface area contributed by atoms with E-state index in [1.807, 2.05) is 24.3 Å². The van der Waals surface area contributed by atoms with E-state index in [1.54, 1.807) is 17.5 Å². The van der Waals surface area contributed by atoms with E-state index >= 15 is 0 Å². The van der Waals surface area contributed by atoms with E-state index in [0.717, 1.165) is 10.8 Å². The second-order valence-corrected chi connectivity index (χ2v) is 5.50. The van der Waals surface area contributed by atoms with E-state index in [2.05, 4.69) is 25.8 Å². The number of aromatic hydroxyl groups is 2. The van der Waals surface area contributed by atoms with Crippen molar-refractivity contribution in [1.29, 1.82) is 0 Å². The Bertz CT molecular complexity index is 1120. The lowest BCUT2D eigenvalue weighted by molar-refractivity contribution is 0.450. The first-order valence-corrected chi connectivity index (χ1v) is 7.55. The lowest BCUT2D eigenvalue weighted by Gasteiger charge is -2.08. The first kappa shape index (κ1) is 14.9. The molecule has 2 aromatic carbocycles. The first-order chi connectivity index (χ1) is 12.1. The van der Waals surface area contributed by atoms with Crippen molar-refractivity contribution in [3.63, 3.8) is 0 Å². The molecule has 25 heavy (non-hydrogen) atoms. The molecular weight excluding hydrogens is 320 g/mol. The summed E-state index contributed by atoms with van der Waals surface area (Å²) in [6.07, 6.45) is 1.52. The van der Waals surface area contributed by atoms with Crippen molar-refractivity contribution in [2.45, 2.75) is 6.92 Å². The molecule has 8 nitrogen and oxygen atoms in total. The minimum absolute atomic E-state index is 0.00673. The Morgan fingerprint density at radius 2 is 1.92 bits per heavy atom. The van der Waals surface area contributed by atoms with Gasteiger partial charge in [-0.15, -0.1) is 15.3 Å². The molecule has 4 rings (SSSR count). The zero-order valence-electron chi connectivity index (χ0n) is 13.2. The number of aromatic nitrogens is 4. The molecule has 0 fully saturated rings. The van der Waals surface area contributed by atoms with Crippen LogP contribution in [0.5, 0.6) is 11.5 Å². The molecule has 124 valence electrons. The SMILES string of the molecule is CC(=NNc1nn2cnnc2c2ccccc12)c1ccc(O)cc1O. The molecular formula is C17H14N6O2. The van der Waals surface area contributed by atoms with Gasteiger partial charge in [0, 0.05) is 22.4 Å². The summed E-state index contributed by atoms with van der Waals surface area (Å²) in [6.45, 7) is 1.75. The summed E-state index contributed by atoms with van der Waals surface area (Å²) >= 11 is 0. The summed E-state index contributed by atoms with van der Waals surface area (Å²) in [7, 11) is 0. The van der Waals surface area contributed by atoms with Gasteiger partial charge in [0.05, 0.1) is 5.71 Å². The molecule has 0 aliphatic carbocycles. The Hall–Kier alpha value is -3.68. The van der Waals surface area contributed by atoms with Gasteiger partial charge in [-0.05, 0) is 19.1 Å². The number of rotatable bonds is 3. The van der Waals surface area contributed by atoms with Crippen molar-refractivity contribution >= 4 is 27.9 Å². The summed E-state index contributed by atoms with van der Waals surface area (Å²) in [5, 5.41) is 37.8. The zero-order valence-corrected chi connectivity index (χ0v) is 13.2. The van der Waals surface area contributed by atoms with Crippen LogP contribution in [-0.2, 0) is 0 Å². The number of hydrogen-bond donors (Lipinski definition) is 3. The Kier molecular flexibility index (Phi) is 3.42. The number of phenolic OH excluding ortho intramolecular Hbond substituents is 2. The maximum Gasteiger partial charge on any atom is 0.185 e. The Morgan fingerprint density at radius 1 is 1.12 bits per heavy atom. The van der Waals surface area contributed by atoms with Crippen molar-refractivity contribution in [3.05, 3.63) is 54.4 Å². The number of fused-ring (bicyclic) bond motifs is 3. The monoisotopic (exact) mass is 334 g/mol. The highest BCUT2D eigenvalue weighted by Gasteiger charge is 2.10. The number of hydrazone groups is 1. The van der Waals surface area contributed by atoms with E-state index < -0.39 is 0 Å². The maximum atomic E-state index is 9.94. The fourth-order valence-corrected chi connectivity index (χ4v) is 2.63. The van der Waals surface area contributed by atoms with Crippen LogP contribution in [0.15, 0.2) is 53.9 Å². The number of benzene rings is 2. The molecule has 0 radical (unpaired) electrons. The molecule has 8 heteroatoms. The molecule has 0 aliphatic heterocycles. The third-order valence-electron chi connectivity index (χ3n) is 3.86. The van der Waals surface area contributed by atoms with Gasteiger partial charge in [0.15, 0.2) is 11.5 Å². The molecule has 0 unspecified atom stereocenters. The fraction of sp³-hybridized carbons (Fsp3) is 0.0588. The highest BCUT2D eigenvalue weighted by molar-refractivity contribution is 6.03. The summed E-state index contributed by atoms with van der Waals surface area (Å²) in [4.78, 5) is 0. The molecule has 0 spiro atoms. The predicted molar refractivity (Wildman–Crippen MR) is 93.9 cm³/mol. The highest BCUT2D eigenvalue weighted by Crippen LogP contribution is 2.25. The Balaban J connectivity index is 1.77. The van der Waals surface area contributed by atoms with Crippen LogP contribution in [0.2, 0.25) is 0 Å². The van der Waals surface area contributed by atoms with Gasteiger partial charge in [-0.1, -0.05) is 24.3 Å². The fourth-order valence-electron chi connectivity index (χ4n) is 2.63. The van der Waals surface area contributed by atoms with Crippen LogP contribution < -0.4 is 5.43 Å². The van der Waals surface area contributed by atoms with Gasteiger partial charge in [-0.3, -0.25) is 5.43 Å². The summed E-state index contributed by atoms with van der Waals surface area (Å²) in [6, 6.07) is 12.0. The zero-order chi connectivity index (χ0) is 17.4. The van der Waals surface area contributed by atoms with Crippen LogP contribution in [0.4, 0.5) is 5.82 Å². The van der Waals surface area contributed by atoms with E-state index in [-0.39, 0.29) is 11.5 Å².